The van der Waals surface area contributed by atoms with Crippen LogP contribution in [0, 0.1) is 20.8 Å². The first-order valence-electron chi connectivity index (χ1n) is 22.3. The Bertz CT molecular complexity index is 3460. The molecule has 0 saturated heterocycles. The van der Waals surface area contributed by atoms with Crippen LogP contribution >= 0.6 is 0 Å². The van der Waals surface area contributed by atoms with Gasteiger partial charge in [0.2, 0.25) is 6.71 Å². The van der Waals surface area contributed by atoms with Crippen LogP contribution in [0.1, 0.15) is 66.6 Å². The average molecular weight is 795 g/mol. The van der Waals surface area contributed by atoms with Gasteiger partial charge in [-0.15, -0.1) is 0 Å². The zero-order valence-electron chi connectivity index (χ0n) is 36.5. The molecular weight excluding hydrogens is 747 g/mol. The predicted octanol–water partition coefficient (Wildman–Crippen LogP) is 13.6. The molecule has 9 aromatic carbocycles. The lowest BCUT2D eigenvalue weighted by atomic mass is 9.33. The van der Waals surface area contributed by atoms with Crippen molar-refractivity contribution >= 4 is 78.8 Å². The largest absolute Gasteiger partial charge is 0.307 e. The molecule has 0 fully saturated rings. The Morgan fingerprint density at radius 3 is 1.61 bits per heavy atom. The molecule has 4 aliphatic rings. The maximum Gasteiger partial charge on any atom is 0.248 e. The van der Waals surface area contributed by atoms with Crippen molar-refractivity contribution < 1.29 is 0 Å². The van der Waals surface area contributed by atoms with E-state index in [1.807, 2.05) is 0 Å². The summed E-state index contributed by atoms with van der Waals surface area (Å²) in [7, 11) is 0. The van der Waals surface area contributed by atoms with Gasteiger partial charge in [-0.3, -0.25) is 0 Å². The van der Waals surface area contributed by atoms with E-state index in [-0.39, 0.29) is 17.5 Å². The molecule has 3 heteroatoms. The Balaban J connectivity index is 1.24. The van der Waals surface area contributed by atoms with Crippen LogP contribution in [-0.4, -0.2) is 6.71 Å². The Labute approximate surface area is 365 Å². The van der Waals surface area contributed by atoms with Gasteiger partial charge in [-0.05, 0) is 122 Å². The van der Waals surface area contributed by atoms with Gasteiger partial charge < -0.3 is 9.80 Å². The number of fused-ring (bicyclic) bond motifs is 14. The number of rotatable bonds is 2. The number of nitrogens with zero attached hydrogens (tertiary/aromatic N) is 2. The molecule has 0 unspecified atom stereocenters. The molecule has 2 aliphatic carbocycles. The summed E-state index contributed by atoms with van der Waals surface area (Å²) in [6.45, 7) is 16.7. The molecule has 0 spiro atoms. The molecule has 2 aliphatic heterocycles. The average Bonchev–Trinajstić information content (AvgIpc) is 3.65. The van der Waals surface area contributed by atoms with E-state index in [4.69, 9.17) is 0 Å². The molecule has 0 bridgehead atoms. The van der Waals surface area contributed by atoms with Gasteiger partial charge in [0.15, 0.2) is 0 Å². The van der Waals surface area contributed by atoms with Crippen molar-refractivity contribution in [2.24, 2.45) is 0 Å². The molecule has 0 N–H and O–H groups in total. The van der Waals surface area contributed by atoms with Crippen molar-refractivity contribution in [3.05, 3.63) is 197 Å². The Hall–Kier alpha value is -6.84. The van der Waals surface area contributed by atoms with Crippen LogP contribution in [-0.2, 0) is 10.8 Å². The summed E-state index contributed by atoms with van der Waals surface area (Å²) in [4.78, 5) is 5.39. The summed E-state index contributed by atoms with van der Waals surface area (Å²) >= 11 is 0. The zero-order valence-corrected chi connectivity index (χ0v) is 36.5. The van der Waals surface area contributed by atoms with Crippen molar-refractivity contribution in [1.82, 2.24) is 0 Å². The summed E-state index contributed by atoms with van der Waals surface area (Å²) in [5.74, 6) is 0. The quantitative estimate of drug-likeness (QED) is 0.161. The molecule has 62 heavy (non-hydrogen) atoms. The second kappa shape index (κ2) is 12.2. The highest BCUT2D eigenvalue weighted by atomic mass is 15.3. The normalized spacial score (nSPS) is 15.5. The lowest BCUT2D eigenvalue weighted by molar-refractivity contribution is 0.660. The number of aryl methyl sites for hydroxylation is 3. The molecule has 0 saturated carbocycles. The number of anilines is 6. The first-order valence-corrected chi connectivity index (χ1v) is 22.3. The van der Waals surface area contributed by atoms with Crippen LogP contribution in [0.4, 0.5) is 34.1 Å². The van der Waals surface area contributed by atoms with Gasteiger partial charge in [-0.1, -0.05) is 183 Å². The van der Waals surface area contributed by atoms with Crippen LogP contribution in [0.25, 0.3) is 43.8 Å². The van der Waals surface area contributed by atoms with Gasteiger partial charge in [-0.25, -0.2) is 0 Å². The van der Waals surface area contributed by atoms with Crippen molar-refractivity contribution in [3.8, 4) is 22.3 Å². The highest BCUT2D eigenvalue weighted by Crippen LogP contribution is 2.63. The van der Waals surface area contributed by atoms with Gasteiger partial charge in [0.05, 0.1) is 28.4 Å². The zero-order chi connectivity index (χ0) is 42.0. The fourth-order valence-electron chi connectivity index (χ4n) is 12.8. The van der Waals surface area contributed by atoms with E-state index < -0.39 is 0 Å². The number of benzene rings is 9. The third kappa shape index (κ3) is 4.46. The lowest BCUT2D eigenvalue weighted by Crippen LogP contribution is -2.60. The van der Waals surface area contributed by atoms with E-state index in [0.29, 0.717) is 0 Å². The fourth-order valence-corrected chi connectivity index (χ4v) is 12.8. The number of hydrogen-bond donors (Lipinski definition) is 0. The Kier molecular flexibility index (Phi) is 7.04. The van der Waals surface area contributed by atoms with E-state index in [1.165, 1.54) is 133 Å². The molecule has 2 heterocycles. The molecule has 9 aromatic rings. The molecule has 0 atom stereocenters. The Morgan fingerprint density at radius 1 is 0.403 bits per heavy atom. The molecule has 13 rings (SSSR count). The van der Waals surface area contributed by atoms with Crippen LogP contribution in [0.3, 0.4) is 0 Å². The molecule has 2 nitrogen and oxygen atoms in total. The monoisotopic (exact) mass is 794 g/mol. The van der Waals surface area contributed by atoms with E-state index in [9.17, 15) is 0 Å². The van der Waals surface area contributed by atoms with Crippen LogP contribution in [0.5, 0.6) is 0 Å². The minimum atomic E-state index is -0.238. The molecule has 296 valence electrons. The summed E-state index contributed by atoms with van der Waals surface area (Å²) in [6, 6.07) is 60.6. The van der Waals surface area contributed by atoms with Gasteiger partial charge in [0.1, 0.15) is 0 Å². The smallest absolute Gasteiger partial charge is 0.248 e. The van der Waals surface area contributed by atoms with Crippen molar-refractivity contribution in [1.29, 1.82) is 0 Å². The lowest BCUT2D eigenvalue weighted by Gasteiger charge is -2.48. The predicted molar refractivity (Wildman–Crippen MR) is 265 cm³/mol. The minimum absolute atomic E-state index is 0.00227. The first kappa shape index (κ1) is 35.9. The maximum atomic E-state index is 2.73. The van der Waals surface area contributed by atoms with Crippen molar-refractivity contribution in [2.75, 3.05) is 9.80 Å². The molecular formula is C59H47BN2. The third-order valence-electron chi connectivity index (χ3n) is 15.2. The van der Waals surface area contributed by atoms with E-state index in [2.05, 4.69) is 216 Å². The highest BCUT2D eigenvalue weighted by molar-refractivity contribution is 7.00. The van der Waals surface area contributed by atoms with Gasteiger partial charge >= 0.3 is 0 Å². The maximum absolute atomic E-state index is 2.73. The number of hydrogen-bond acceptors (Lipinski definition) is 2. The topological polar surface area (TPSA) is 6.48 Å². The Morgan fingerprint density at radius 2 is 0.935 bits per heavy atom. The van der Waals surface area contributed by atoms with Gasteiger partial charge in [0.25, 0.3) is 0 Å². The highest BCUT2D eigenvalue weighted by Gasteiger charge is 2.49. The summed E-state index contributed by atoms with van der Waals surface area (Å²) < 4.78 is 0. The second-order valence-electron chi connectivity index (χ2n) is 19.5. The standard InChI is InChI=1S/C59H47BN2/c1-34-29-35(2)54(36(3)30-34)60-47-28-27-44-42-22-13-15-25-46(42)59(6,7)53(44)56(47)62-50-32-38-18-9-8-17-37(38)31-49(50)61(51-33-39-19-10-11-20-40(39)55(60)57(51)62)48-26-16-23-43-41-21-12-14-24-45(41)58(4,5)52(43)48/h8-33H,1-7H3. The first-order chi connectivity index (χ1) is 30.0. The van der Waals surface area contributed by atoms with Crippen LogP contribution < -0.4 is 26.2 Å². The second-order valence-corrected chi connectivity index (χ2v) is 19.5. The fraction of sp³-hybridized carbons (Fsp3) is 0.153. The summed E-state index contributed by atoms with van der Waals surface area (Å²) in [5.41, 5.74) is 26.2. The van der Waals surface area contributed by atoms with Crippen LogP contribution in [0.15, 0.2) is 158 Å². The van der Waals surface area contributed by atoms with Crippen LogP contribution in [0.2, 0.25) is 0 Å². The summed E-state index contributed by atoms with van der Waals surface area (Å²) in [6.07, 6.45) is 0. The SMILES string of the molecule is Cc1cc(C)c(B2c3ccc4c(c3N3c5cc6ccccc6cc5N(c5cccc6c5C(C)(C)c5ccccc5-6)c5cc6ccccc6c2c53)C(C)(C)c2ccccc2-4)c(C)c1. The van der Waals surface area contributed by atoms with E-state index in [0.717, 1.165) is 0 Å². The molecule has 0 aromatic heterocycles. The van der Waals surface area contributed by atoms with E-state index in [1.54, 1.807) is 0 Å². The minimum Gasteiger partial charge on any atom is -0.307 e. The van der Waals surface area contributed by atoms with Crippen molar-refractivity contribution in [3.63, 3.8) is 0 Å². The van der Waals surface area contributed by atoms with E-state index >= 15 is 0 Å². The molecule has 0 amide bonds. The summed E-state index contributed by atoms with van der Waals surface area (Å²) in [5, 5.41) is 5.05. The van der Waals surface area contributed by atoms with Crippen molar-refractivity contribution in [2.45, 2.75) is 59.3 Å². The third-order valence-corrected chi connectivity index (χ3v) is 15.2. The molecule has 0 radical (unpaired) electrons. The van der Waals surface area contributed by atoms with Gasteiger partial charge in [-0.2, -0.15) is 0 Å². The van der Waals surface area contributed by atoms with Gasteiger partial charge in [0, 0.05) is 16.5 Å².